The van der Waals surface area contributed by atoms with Gasteiger partial charge in [-0.05, 0) is 19.8 Å². The largest absolute Gasteiger partial charge is 0.481 e. The first-order valence-corrected chi connectivity index (χ1v) is 6.19. The summed E-state index contributed by atoms with van der Waals surface area (Å²) in [6.07, 6.45) is 2.02. The Labute approximate surface area is 103 Å². The van der Waals surface area contributed by atoms with Crippen molar-refractivity contribution in [2.24, 2.45) is 0 Å². The summed E-state index contributed by atoms with van der Waals surface area (Å²) in [5.74, 6) is -0.839. The minimum absolute atomic E-state index is 0.00406. The lowest BCUT2D eigenvalue weighted by Crippen LogP contribution is -2.34. The highest BCUT2D eigenvalue weighted by Crippen LogP contribution is 2.01. The number of aliphatic carboxylic acids is 1. The maximum absolute atomic E-state index is 11.7. The summed E-state index contributed by atoms with van der Waals surface area (Å²) in [5, 5.41) is 8.62. The fraction of sp³-hybridized carbons (Fsp3) is 0.833. The summed E-state index contributed by atoms with van der Waals surface area (Å²) in [7, 11) is 0. The molecule has 0 aromatic carbocycles. The van der Waals surface area contributed by atoms with Gasteiger partial charge in [0.2, 0.25) is 5.91 Å². The first-order valence-electron chi connectivity index (χ1n) is 6.19. The van der Waals surface area contributed by atoms with Crippen molar-refractivity contribution >= 4 is 11.9 Å². The zero-order valence-corrected chi connectivity index (χ0v) is 10.8. The molecule has 0 aromatic rings. The molecule has 0 bridgehead atoms. The van der Waals surface area contributed by atoms with E-state index in [9.17, 15) is 9.59 Å². The zero-order chi connectivity index (χ0) is 13.1. The second kappa shape index (κ2) is 10.1. The fourth-order valence-corrected chi connectivity index (χ4v) is 1.47. The number of amides is 1. The van der Waals surface area contributed by atoms with Crippen molar-refractivity contribution in [2.75, 3.05) is 26.3 Å². The van der Waals surface area contributed by atoms with Gasteiger partial charge in [-0.1, -0.05) is 6.92 Å². The predicted molar refractivity (Wildman–Crippen MR) is 64.9 cm³/mol. The minimum Gasteiger partial charge on any atom is -0.481 e. The number of carbonyl (C=O) groups is 2. The van der Waals surface area contributed by atoms with E-state index in [0.29, 0.717) is 32.7 Å². The second-order valence-corrected chi connectivity index (χ2v) is 3.83. The maximum atomic E-state index is 11.7. The smallest absolute Gasteiger partial charge is 0.305 e. The van der Waals surface area contributed by atoms with Gasteiger partial charge in [0.1, 0.15) is 0 Å². The lowest BCUT2D eigenvalue weighted by atomic mass is 10.2. The van der Waals surface area contributed by atoms with Crippen LogP contribution in [0.4, 0.5) is 0 Å². The molecule has 0 heterocycles. The molecule has 0 rings (SSSR count). The average molecular weight is 245 g/mol. The van der Waals surface area contributed by atoms with Crippen molar-refractivity contribution in [1.29, 1.82) is 0 Å². The van der Waals surface area contributed by atoms with Gasteiger partial charge < -0.3 is 14.7 Å². The molecule has 0 aliphatic carbocycles. The van der Waals surface area contributed by atoms with E-state index in [1.807, 2.05) is 13.8 Å². The SMILES string of the molecule is CCCC(=O)N(CCCOCC)CCC(=O)O. The van der Waals surface area contributed by atoms with E-state index in [-0.39, 0.29) is 12.3 Å². The number of hydrogen-bond acceptors (Lipinski definition) is 3. The van der Waals surface area contributed by atoms with Crippen LogP contribution in [-0.4, -0.2) is 48.2 Å². The Morgan fingerprint density at radius 2 is 1.88 bits per heavy atom. The summed E-state index contributed by atoms with van der Waals surface area (Å²) in [4.78, 5) is 23.8. The maximum Gasteiger partial charge on any atom is 0.305 e. The molecule has 0 saturated carbocycles. The Balaban J connectivity index is 4.00. The third-order valence-corrected chi connectivity index (χ3v) is 2.33. The molecular formula is C12H23NO4. The topological polar surface area (TPSA) is 66.8 Å². The molecule has 1 N–H and O–H groups in total. The number of carboxylic acids is 1. The molecule has 0 fully saturated rings. The van der Waals surface area contributed by atoms with Gasteiger partial charge in [0.05, 0.1) is 6.42 Å². The highest BCUT2D eigenvalue weighted by atomic mass is 16.5. The van der Waals surface area contributed by atoms with Gasteiger partial charge in [-0.15, -0.1) is 0 Å². The van der Waals surface area contributed by atoms with Gasteiger partial charge in [0, 0.05) is 32.7 Å². The van der Waals surface area contributed by atoms with Gasteiger partial charge in [-0.25, -0.2) is 0 Å². The first-order chi connectivity index (χ1) is 8.11. The summed E-state index contributed by atoms with van der Waals surface area (Å²) < 4.78 is 5.19. The van der Waals surface area contributed by atoms with Gasteiger partial charge in [0.25, 0.3) is 0 Å². The van der Waals surface area contributed by atoms with Crippen LogP contribution in [0, 0.1) is 0 Å². The van der Waals surface area contributed by atoms with Crippen LogP contribution in [0.2, 0.25) is 0 Å². The van der Waals surface area contributed by atoms with E-state index in [4.69, 9.17) is 9.84 Å². The molecule has 5 heteroatoms. The summed E-state index contributed by atoms with van der Waals surface area (Å²) in [6.45, 7) is 6.00. The molecule has 100 valence electrons. The number of ether oxygens (including phenoxy) is 1. The fourth-order valence-electron chi connectivity index (χ4n) is 1.47. The van der Waals surface area contributed by atoms with Gasteiger partial charge in [0.15, 0.2) is 0 Å². The third kappa shape index (κ3) is 8.68. The Bertz CT molecular complexity index is 231. The molecule has 0 saturated heterocycles. The molecule has 0 radical (unpaired) electrons. The van der Waals surface area contributed by atoms with E-state index < -0.39 is 5.97 Å². The molecule has 0 aliphatic heterocycles. The van der Waals surface area contributed by atoms with Crippen molar-refractivity contribution in [3.05, 3.63) is 0 Å². The van der Waals surface area contributed by atoms with Crippen LogP contribution in [-0.2, 0) is 14.3 Å². The normalized spacial score (nSPS) is 10.2. The van der Waals surface area contributed by atoms with Crippen LogP contribution < -0.4 is 0 Å². The van der Waals surface area contributed by atoms with Gasteiger partial charge >= 0.3 is 5.97 Å². The first kappa shape index (κ1) is 15.9. The standard InChI is InChI=1S/C12H23NO4/c1-3-6-11(14)13(9-7-12(15)16)8-5-10-17-4-2/h3-10H2,1-2H3,(H,15,16). The highest BCUT2D eigenvalue weighted by Gasteiger charge is 2.13. The molecule has 5 nitrogen and oxygen atoms in total. The molecule has 0 atom stereocenters. The Morgan fingerprint density at radius 1 is 1.18 bits per heavy atom. The van der Waals surface area contributed by atoms with Gasteiger partial charge in [-0.3, -0.25) is 9.59 Å². The van der Waals surface area contributed by atoms with Crippen LogP contribution in [0.3, 0.4) is 0 Å². The van der Waals surface area contributed by atoms with Crippen LogP contribution in [0.5, 0.6) is 0 Å². The summed E-state index contributed by atoms with van der Waals surface area (Å²) >= 11 is 0. The van der Waals surface area contributed by atoms with E-state index in [0.717, 1.165) is 12.8 Å². The molecule has 17 heavy (non-hydrogen) atoms. The molecule has 0 unspecified atom stereocenters. The van der Waals surface area contributed by atoms with Crippen molar-refractivity contribution in [3.8, 4) is 0 Å². The second-order valence-electron chi connectivity index (χ2n) is 3.83. The lowest BCUT2D eigenvalue weighted by Gasteiger charge is -2.21. The lowest BCUT2D eigenvalue weighted by molar-refractivity contribution is -0.138. The zero-order valence-electron chi connectivity index (χ0n) is 10.8. The Morgan fingerprint density at radius 3 is 2.41 bits per heavy atom. The van der Waals surface area contributed by atoms with Crippen LogP contribution in [0.1, 0.15) is 39.5 Å². The Hall–Kier alpha value is -1.10. The summed E-state index contributed by atoms with van der Waals surface area (Å²) in [5.41, 5.74) is 0. The molecule has 0 spiro atoms. The molecular weight excluding hydrogens is 222 g/mol. The number of hydrogen-bond donors (Lipinski definition) is 1. The van der Waals surface area contributed by atoms with E-state index in [1.165, 1.54) is 0 Å². The van der Waals surface area contributed by atoms with Crippen LogP contribution in [0.15, 0.2) is 0 Å². The third-order valence-electron chi connectivity index (χ3n) is 2.33. The monoisotopic (exact) mass is 245 g/mol. The molecule has 0 aromatic heterocycles. The van der Waals surface area contributed by atoms with Crippen LogP contribution in [0.25, 0.3) is 0 Å². The van der Waals surface area contributed by atoms with E-state index >= 15 is 0 Å². The molecule has 0 aliphatic rings. The van der Waals surface area contributed by atoms with E-state index in [1.54, 1.807) is 4.90 Å². The number of rotatable bonds is 10. The van der Waals surface area contributed by atoms with Crippen LogP contribution >= 0.6 is 0 Å². The highest BCUT2D eigenvalue weighted by molar-refractivity contribution is 5.76. The van der Waals surface area contributed by atoms with Crippen molar-refractivity contribution in [2.45, 2.75) is 39.5 Å². The summed E-state index contributed by atoms with van der Waals surface area (Å²) in [6, 6.07) is 0. The number of carbonyl (C=O) groups excluding carboxylic acids is 1. The Kier molecular flexibility index (Phi) is 9.43. The average Bonchev–Trinajstić information content (AvgIpc) is 2.28. The predicted octanol–water partition coefficient (Wildman–Crippen LogP) is 1.52. The number of nitrogens with zero attached hydrogens (tertiary/aromatic N) is 1. The minimum atomic E-state index is -0.871. The van der Waals surface area contributed by atoms with Crippen molar-refractivity contribution in [3.63, 3.8) is 0 Å². The van der Waals surface area contributed by atoms with Crippen molar-refractivity contribution < 1.29 is 19.4 Å². The quantitative estimate of drug-likeness (QED) is 0.592. The van der Waals surface area contributed by atoms with Gasteiger partial charge in [-0.2, -0.15) is 0 Å². The van der Waals surface area contributed by atoms with E-state index in [2.05, 4.69) is 0 Å². The number of carboxylic acid groups (broad SMARTS) is 1. The van der Waals surface area contributed by atoms with Crippen molar-refractivity contribution in [1.82, 2.24) is 4.90 Å². The molecule has 1 amide bonds.